The van der Waals surface area contributed by atoms with E-state index in [1.807, 2.05) is 56.9 Å². The number of aromatic nitrogens is 12. The van der Waals surface area contributed by atoms with Gasteiger partial charge in [-0.15, -0.1) is 0 Å². The third-order valence-corrected chi connectivity index (χ3v) is 25.3. The smallest absolute Gasteiger partial charge is 0.236 e. The molecule has 25 nitrogen and oxygen atoms in total. The van der Waals surface area contributed by atoms with Crippen molar-refractivity contribution in [2.24, 2.45) is 0 Å². The third kappa shape index (κ3) is 21.3. The minimum Gasteiger partial charge on any atom is -0.379 e. The molecule has 6 aliphatic rings. The zero-order chi connectivity index (χ0) is 78.7. The van der Waals surface area contributed by atoms with Crippen molar-refractivity contribution < 1.29 is 27.1 Å². The van der Waals surface area contributed by atoms with E-state index in [1.165, 1.54) is 70.0 Å². The van der Waals surface area contributed by atoms with Crippen molar-refractivity contribution in [3.8, 4) is 0 Å². The summed E-state index contributed by atoms with van der Waals surface area (Å²) in [7, 11) is -2.83. The number of hydrogen-bond acceptors (Lipinski definition) is 20. The van der Waals surface area contributed by atoms with Gasteiger partial charge in [-0.1, -0.05) is 78.5 Å². The monoisotopic (exact) mass is 1600 g/mol. The number of carbonyl (C=O) groups is 2. The van der Waals surface area contributed by atoms with Crippen LogP contribution in [0.2, 0.25) is 15.1 Å². The molecule has 0 atom stereocenters. The first kappa shape index (κ1) is 81.5. The van der Waals surface area contributed by atoms with E-state index < -0.39 is 9.84 Å². The number of aryl methyl sites for hydroxylation is 8. The molecule has 2 amide bonds. The zero-order valence-corrected chi connectivity index (χ0v) is 68.6. The van der Waals surface area contributed by atoms with Crippen LogP contribution in [0.15, 0.2) is 73.2 Å². The van der Waals surface area contributed by atoms with Gasteiger partial charge in [-0.05, 0) is 217 Å². The molecule has 12 heterocycles. The van der Waals surface area contributed by atoms with E-state index in [-0.39, 0.29) is 41.6 Å². The lowest BCUT2D eigenvalue weighted by atomic mass is 9.84. The number of likely N-dealkylation sites (tertiary alicyclic amines) is 4. The molecule has 9 aromatic rings. The highest BCUT2D eigenvalue weighted by molar-refractivity contribution is 7.92. The largest absolute Gasteiger partial charge is 0.379 e. The summed E-state index contributed by atoms with van der Waals surface area (Å²) in [5, 5.41) is 32.1. The van der Waals surface area contributed by atoms with Crippen molar-refractivity contribution in [2.75, 3.05) is 119 Å². The molecule has 0 radical (unpaired) electrons. The molecule has 6 aromatic heterocycles. The van der Waals surface area contributed by atoms with Crippen LogP contribution in [0.1, 0.15) is 178 Å². The Morgan fingerprint density at radius 3 is 1.29 bits per heavy atom. The van der Waals surface area contributed by atoms with E-state index in [0.717, 1.165) is 152 Å². The Labute approximate surface area is 671 Å². The molecule has 0 unspecified atom stereocenters. The first-order chi connectivity index (χ1) is 53.9. The molecule has 6 saturated heterocycles. The number of piperidine rings is 4. The summed E-state index contributed by atoms with van der Waals surface area (Å²) in [5.74, 6) is 7.37. The van der Waals surface area contributed by atoms with Crippen LogP contribution in [0.3, 0.4) is 0 Å². The van der Waals surface area contributed by atoms with Crippen LogP contribution in [0.5, 0.6) is 0 Å². The van der Waals surface area contributed by atoms with Crippen molar-refractivity contribution in [2.45, 2.75) is 163 Å². The summed E-state index contributed by atoms with van der Waals surface area (Å²) in [6.45, 7) is 28.0. The summed E-state index contributed by atoms with van der Waals surface area (Å²) in [6.07, 6.45) is 16.7. The Bertz CT molecular complexity index is 4680. The molecule has 15 rings (SSSR count). The molecule has 0 spiro atoms. The predicted octanol–water partition coefficient (Wildman–Crippen LogP) is 13.6. The topological polar surface area (TPSA) is 293 Å². The van der Waals surface area contributed by atoms with Crippen molar-refractivity contribution in [3.05, 3.63) is 190 Å². The van der Waals surface area contributed by atoms with Gasteiger partial charge in [-0.3, -0.25) is 39.6 Å². The van der Waals surface area contributed by atoms with Crippen LogP contribution in [0, 0.1) is 54.3 Å². The van der Waals surface area contributed by atoms with Crippen LogP contribution in [0.25, 0.3) is 0 Å². The maximum atomic E-state index is 15.2. The number of anilines is 6. The molecule has 596 valence electrons. The number of sulfone groups is 1. The molecule has 0 aliphatic carbocycles. The summed E-state index contributed by atoms with van der Waals surface area (Å²) in [4.78, 5) is 63.7. The van der Waals surface area contributed by atoms with E-state index in [9.17, 15) is 18.0 Å². The highest BCUT2D eigenvalue weighted by Gasteiger charge is 2.39. The second-order valence-electron chi connectivity index (χ2n) is 31.0. The van der Waals surface area contributed by atoms with Gasteiger partial charge < -0.3 is 30.5 Å². The Morgan fingerprint density at radius 1 is 0.491 bits per heavy atom. The molecule has 0 bridgehead atoms. The number of halogens is 4. The first-order valence-corrected chi connectivity index (χ1v) is 42.3. The molecule has 112 heavy (non-hydrogen) atoms. The highest BCUT2D eigenvalue weighted by Crippen LogP contribution is 2.38. The Hall–Kier alpha value is -8.54. The van der Waals surface area contributed by atoms with Gasteiger partial charge >= 0.3 is 0 Å². The molecule has 30 heteroatoms. The number of carbonyl (C=O) groups excluding carboxylic acids is 2. The fourth-order valence-corrected chi connectivity index (χ4v) is 18.1. The van der Waals surface area contributed by atoms with Crippen LogP contribution in [-0.2, 0) is 49.8 Å². The van der Waals surface area contributed by atoms with Crippen LogP contribution < -0.4 is 16.0 Å². The SMILES string of the molecule is CCc1cc(Nc2nc(Cc3cc(C)c(C4CCN(C5CS(=O)(=O)C5)CC4)cc3F)ncc2Cl)n[nH]1.Cc1cc(Nc2nc(Cc3cc(C)c(C4CCN(C(=O)CN5CCCCC5)CC4)cc3C)ncc2Cl)n[nH]1.Cc1cc(Nc2nc(Cc3cc(C)c(C4CCN(C(=O)CN5CCOCC5)CC4)cc3C)ncc2Cl)n[nH]1. The molecule has 0 saturated carbocycles. The zero-order valence-electron chi connectivity index (χ0n) is 65.5. The molecule has 6 aliphatic heterocycles. The summed E-state index contributed by atoms with van der Waals surface area (Å²) >= 11 is 19.0. The lowest BCUT2D eigenvalue weighted by molar-refractivity contribution is -0.135. The summed E-state index contributed by atoms with van der Waals surface area (Å²) in [6, 6.07) is 18.6. The fraction of sp³-hybridized carbons (Fsp3) is 0.500. The van der Waals surface area contributed by atoms with Gasteiger partial charge in [0.25, 0.3) is 0 Å². The number of amides is 2. The van der Waals surface area contributed by atoms with Gasteiger partial charge in [0.15, 0.2) is 44.7 Å². The number of nitrogens with zero attached hydrogens (tertiary/aromatic N) is 14. The van der Waals surface area contributed by atoms with Crippen molar-refractivity contribution in [1.82, 2.24) is 85.0 Å². The van der Waals surface area contributed by atoms with Gasteiger partial charge in [0, 0.05) is 99.9 Å². The second-order valence-corrected chi connectivity index (χ2v) is 34.4. The quantitative estimate of drug-likeness (QED) is 0.0390. The van der Waals surface area contributed by atoms with Crippen molar-refractivity contribution >= 4 is 91.4 Å². The second kappa shape index (κ2) is 37.2. The van der Waals surface area contributed by atoms with E-state index in [1.54, 1.807) is 18.5 Å². The summed E-state index contributed by atoms with van der Waals surface area (Å²) in [5.41, 5.74) is 15.8. The summed E-state index contributed by atoms with van der Waals surface area (Å²) < 4.78 is 43.6. The first-order valence-electron chi connectivity index (χ1n) is 39.4. The molecular weight excluding hydrogens is 1500 g/mol. The number of aromatic amines is 3. The molecular formula is C82H104Cl3FN20O5S. The van der Waals surface area contributed by atoms with Crippen molar-refractivity contribution in [1.29, 1.82) is 0 Å². The molecule has 6 fully saturated rings. The lowest BCUT2D eigenvalue weighted by Gasteiger charge is -2.41. The Morgan fingerprint density at radius 2 is 0.884 bits per heavy atom. The van der Waals surface area contributed by atoms with Crippen LogP contribution >= 0.6 is 34.8 Å². The minimum atomic E-state index is -2.83. The van der Waals surface area contributed by atoms with E-state index >= 15 is 4.39 Å². The van der Waals surface area contributed by atoms with Crippen LogP contribution in [-0.4, -0.2) is 215 Å². The number of benzene rings is 3. The number of nitrogens with one attached hydrogen (secondary N) is 6. The Balaban J connectivity index is 0.000000147. The average Bonchev–Trinajstić information content (AvgIpc) is 0.919. The molecule has 3 aromatic carbocycles. The highest BCUT2D eigenvalue weighted by atomic mass is 35.5. The van der Waals surface area contributed by atoms with Crippen LogP contribution in [0.4, 0.5) is 39.3 Å². The number of H-pyrrole nitrogens is 3. The van der Waals surface area contributed by atoms with Crippen molar-refractivity contribution in [3.63, 3.8) is 0 Å². The third-order valence-electron chi connectivity index (χ3n) is 22.7. The maximum absolute atomic E-state index is 15.2. The standard InChI is InChI=1S/C29H38ClN7O.C28H36ClN7O2.C25H30ClFN6O2S/c1-19-14-24(22-7-11-37(12-8-22)28(38)18-36-9-5-4-6-10-36)20(2)13-23(19)16-26-31-17-25(30)29(32-26)33-27-15-21(3)34-35-27;1-18-13-23(21-4-6-36(7-5-21)27(37)17-35-8-10-38-11-9-35)19(2)12-22(18)15-25-30-16-24(29)28(31-25)32-26-14-20(3)33-34-26;1-3-18-10-24(32-31-18)30-25-21(26)12-28-23(29-25)9-17-8-15(2)20(11-22(17)27)16-4-6-33(7-5-16)19-13-36(34,35)14-19/h13-15,17,22H,4-12,16,18H2,1-3H3,(H2,31,32,33,34,35);12-14,16,21H,4-11,15,17H2,1-3H3,(H2,30,31,32,33,34);8,10-12,16,19H,3-7,9,13-14H2,1-2H3,(H2,28,29,30,31,32). The average molecular weight is 1610 g/mol. The van der Waals surface area contributed by atoms with Gasteiger partial charge in [-0.2, -0.15) is 15.3 Å². The van der Waals surface area contributed by atoms with Gasteiger partial charge in [0.1, 0.15) is 38.4 Å². The minimum absolute atomic E-state index is 0.150. The van der Waals surface area contributed by atoms with E-state index in [2.05, 4.69) is 148 Å². The number of rotatable bonds is 21. The van der Waals surface area contributed by atoms with E-state index in [0.29, 0.717) is 117 Å². The predicted molar refractivity (Wildman–Crippen MR) is 438 cm³/mol. The number of ether oxygens (including phenoxy) is 1. The number of morpholine rings is 1. The normalized spacial score (nSPS) is 17.6. The maximum Gasteiger partial charge on any atom is 0.236 e. The number of hydrogen-bond donors (Lipinski definition) is 6. The van der Waals surface area contributed by atoms with Gasteiger partial charge in [0.2, 0.25) is 11.8 Å². The fourth-order valence-electron chi connectivity index (χ4n) is 16.2. The van der Waals surface area contributed by atoms with Gasteiger partial charge in [-0.25, -0.2) is 42.7 Å². The molecule has 6 N–H and O–H groups in total. The lowest BCUT2D eigenvalue weighted by Crippen LogP contribution is -2.55. The Kier molecular flexibility index (Phi) is 27.0. The van der Waals surface area contributed by atoms with Gasteiger partial charge in [0.05, 0.1) is 56.4 Å². The van der Waals surface area contributed by atoms with E-state index in [4.69, 9.17) is 39.5 Å².